The molecule has 1 aromatic heterocycles. The number of aromatic nitrogens is 2. The lowest BCUT2D eigenvalue weighted by Crippen LogP contribution is -2.22. The molecule has 1 atom stereocenters. The summed E-state index contributed by atoms with van der Waals surface area (Å²) < 4.78 is 0. The maximum Gasteiger partial charge on any atom is 0.264 e. The predicted octanol–water partition coefficient (Wildman–Crippen LogP) is 1.24. The molecule has 0 radical (unpaired) electrons. The number of nitrogens with one attached hydrogen (secondary N) is 1. The van der Waals surface area contributed by atoms with Crippen LogP contribution in [-0.4, -0.2) is 16.0 Å². The van der Waals surface area contributed by atoms with E-state index in [1.54, 1.807) is 6.07 Å². The van der Waals surface area contributed by atoms with E-state index in [1.807, 2.05) is 6.92 Å². The molecule has 1 unspecified atom stereocenters. The maximum absolute atomic E-state index is 11.4. The van der Waals surface area contributed by atoms with Gasteiger partial charge in [0.1, 0.15) is 5.78 Å². The number of aryl methyl sites for hydroxylation is 1. The largest absolute Gasteiger partial charge is 0.300 e. The van der Waals surface area contributed by atoms with Crippen LogP contribution in [-0.2, 0) is 17.6 Å². The molecule has 1 aromatic rings. The van der Waals surface area contributed by atoms with Crippen LogP contribution < -0.4 is 5.56 Å². The summed E-state index contributed by atoms with van der Waals surface area (Å²) in [6.07, 6.45) is 3.93. The molecule has 0 aromatic carbocycles. The molecule has 0 saturated heterocycles. The molecule has 86 valence electrons. The Kier molecular flexibility index (Phi) is 3.17. The van der Waals surface area contributed by atoms with Gasteiger partial charge < -0.3 is 0 Å². The highest BCUT2D eigenvalue weighted by Gasteiger charge is 2.21. The first-order chi connectivity index (χ1) is 7.69. The molecular weight excluding hydrogens is 204 g/mol. The van der Waals surface area contributed by atoms with E-state index in [1.165, 1.54) is 0 Å². The monoisotopic (exact) mass is 220 g/mol. The fraction of sp³-hybridized carbons (Fsp3) is 0.583. The summed E-state index contributed by atoms with van der Waals surface area (Å²) in [4.78, 5) is 22.5. The highest BCUT2D eigenvalue weighted by molar-refractivity contribution is 5.78. The van der Waals surface area contributed by atoms with Gasteiger partial charge in [0.15, 0.2) is 0 Å². The highest BCUT2D eigenvalue weighted by atomic mass is 16.1. The van der Waals surface area contributed by atoms with E-state index in [9.17, 15) is 9.59 Å². The number of rotatable bonds is 3. The van der Waals surface area contributed by atoms with Crippen molar-refractivity contribution >= 4 is 5.78 Å². The van der Waals surface area contributed by atoms with Gasteiger partial charge in [-0.05, 0) is 30.7 Å². The van der Waals surface area contributed by atoms with Crippen molar-refractivity contribution in [1.82, 2.24) is 10.2 Å². The smallest absolute Gasteiger partial charge is 0.264 e. The van der Waals surface area contributed by atoms with Gasteiger partial charge in [-0.25, -0.2) is 5.10 Å². The van der Waals surface area contributed by atoms with E-state index in [0.29, 0.717) is 24.5 Å². The number of carbonyl (C=O) groups is 1. The zero-order valence-electron chi connectivity index (χ0n) is 9.45. The lowest BCUT2D eigenvalue weighted by Gasteiger charge is -2.22. The fourth-order valence-corrected chi connectivity index (χ4v) is 2.26. The van der Waals surface area contributed by atoms with Gasteiger partial charge in [-0.1, -0.05) is 6.92 Å². The fourth-order valence-electron chi connectivity index (χ4n) is 2.26. The molecular formula is C12H16N2O2. The number of nitrogens with zero attached hydrogens (tertiary/aromatic N) is 1. The molecule has 1 aliphatic rings. The molecule has 1 N–H and O–H groups in total. The first-order valence-corrected chi connectivity index (χ1v) is 5.78. The normalized spacial score (nSPS) is 19.2. The molecule has 16 heavy (non-hydrogen) atoms. The van der Waals surface area contributed by atoms with Gasteiger partial charge in [0, 0.05) is 18.9 Å². The number of carbonyl (C=O) groups excluding carboxylic acids is 1. The number of hydrogen-bond donors (Lipinski definition) is 1. The van der Waals surface area contributed by atoms with Crippen LogP contribution in [0.15, 0.2) is 10.9 Å². The van der Waals surface area contributed by atoms with Crippen LogP contribution in [0.25, 0.3) is 0 Å². The van der Waals surface area contributed by atoms with Crippen LogP contribution in [0, 0.1) is 5.92 Å². The Labute approximate surface area is 94.1 Å². The number of hydrogen-bond acceptors (Lipinski definition) is 3. The Morgan fingerprint density at radius 1 is 1.62 bits per heavy atom. The number of H-pyrrole nitrogens is 1. The minimum Gasteiger partial charge on any atom is -0.300 e. The summed E-state index contributed by atoms with van der Waals surface area (Å²) in [5, 5.41) is 6.48. The van der Waals surface area contributed by atoms with Crippen molar-refractivity contribution in [3.05, 3.63) is 27.7 Å². The van der Waals surface area contributed by atoms with Crippen LogP contribution in [0.3, 0.4) is 0 Å². The van der Waals surface area contributed by atoms with Crippen molar-refractivity contribution in [3.8, 4) is 0 Å². The molecule has 1 heterocycles. The van der Waals surface area contributed by atoms with Gasteiger partial charge in [-0.15, -0.1) is 0 Å². The van der Waals surface area contributed by atoms with Crippen LogP contribution in [0.1, 0.15) is 37.4 Å². The summed E-state index contributed by atoms with van der Waals surface area (Å²) in [5.41, 5.74) is 1.85. The summed E-state index contributed by atoms with van der Waals surface area (Å²) in [7, 11) is 0. The molecule has 4 nitrogen and oxygen atoms in total. The van der Waals surface area contributed by atoms with E-state index in [2.05, 4.69) is 10.2 Å². The first-order valence-electron chi connectivity index (χ1n) is 5.78. The molecule has 2 rings (SSSR count). The average molecular weight is 220 g/mol. The lowest BCUT2D eigenvalue weighted by atomic mass is 9.83. The first kappa shape index (κ1) is 11.0. The van der Waals surface area contributed by atoms with Crippen molar-refractivity contribution < 1.29 is 4.79 Å². The van der Waals surface area contributed by atoms with E-state index in [4.69, 9.17) is 0 Å². The van der Waals surface area contributed by atoms with Crippen LogP contribution in [0.2, 0.25) is 0 Å². The minimum atomic E-state index is -0.152. The van der Waals surface area contributed by atoms with Gasteiger partial charge in [0.05, 0.1) is 5.69 Å². The Morgan fingerprint density at radius 2 is 2.44 bits per heavy atom. The summed E-state index contributed by atoms with van der Waals surface area (Å²) in [6.45, 7) is 1.89. The zero-order chi connectivity index (χ0) is 11.5. The molecule has 1 aliphatic carbocycles. The quantitative estimate of drug-likeness (QED) is 0.833. The molecule has 0 aliphatic heterocycles. The number of Topliss-reactive ketones (excluding diaryl/α,β-unsaturated/α-hetero) is 1. The standard InChI is InChI=1S/C12H16N2O2/c1-2-10(15)6-8-3-4-11-9(5-8)7-12(16)14-13-11/h7-8H,2-6H2,1H3,(H,14,16). The van der Waals surface area contributed by atoms with Crippen molar-refractivity contribution in [1.29, 1.82) is 0 Å². The number of fused-ring (bicyclic) bond motifs is 1. The third kappa shape index (κ3) is 2.38. The molecule has 0 amide bonds. The van der Waals surface area contributed by atoms with Gasteiger partial charge in [-0.3, -0.25) is 9.59 Å². The third-order valence-corrected chi connectivity index (χ3v) is 3.19. The summed E-state index contributed by atoms with van der Waals surface area (Å²) in [6, 6.07) is 1.62. The second kappa shape index (κ2) is 4.60. The molecule has 0 fully saturated rings. The van der Waals surface area contributed by atoms with E-state index >= 15 is 0 Å². The predicted molar refractivity (Wildman–Crippen MR) is 60.3 cm³/mol. The van der Waals surface area contributed by atoms with Gasteiger partial charge >= 0.3 is 0 Å². The van der Waals surface area contributed by atoms with Gasteiger partial charge in [0.2, 0.25) is 0 Å². The lowest BCUT2D eigenvalue weighted by molar-refractivity contribution is -0.119. The Hall–Kier alpha value is -1.45. The third-order valence-electron chi connectivity index (χ3n) is 3.19. The second-order valence-electron chi connectivity index (χ2n) is 4.41. The average Bonchev–Trinajstić information content (AvgIpc) is 2.28. The van der Waals surface area contributed by atoms with Crippen LogP contribution in [0.5, 0.6) is 0 Å². The highest BCUT2D eigenvalue weighted by Crippen LogP contribution is 2.25. The van der Waals surface area contributed by atoms with E-state index < -0.39 is 0 Å². The maximum atomic E-state index is 11.4. The Morgan fingerprint density at radius 3 is 3.19 bits per heavy atom. The Balaban J connectivity index is 2.11. The van der Waals surface area contributed by atoms with Crippen molar-refractivity contribution in [3.63, 3.8) is 0 Å². The van der Waals surface area contributed by atoms with Gasteiger partial charge in [-0.2, -0.15) is 5.10 Å². The summed E-state index contributed by atoms with van der Waals surface area (Å²) >= 11 is 0. The van der Waals surface area contributed by atoms with Crippen molar-refractivity contribution in [2.45, 2.75) is 39.0 Å². The van der Waals surface area contributed by atoms with Crippen LogP contribution in [0.4, 0.5) is 0 Å². The minimum absolute atomic E-state index is 0.152. The van der Waals surface area contributed by atoms with E-state index in [0.717, 1.165) is 30.5 Å². The van der Waals surface area contributed by atoms with Gasteiger partial charge in [0.25, 0.3) is 5.56 Å². The Bertz CT molecular complexity index is 451. The molecule has 0 bridgehead atoms. The second-order valence-corrected chi connectivity index (χ2v) is 4.41. The SMILES string of the molecule is CCC(=O)CC1CCc2n[nH]c(=O)cc2C1. The van der Waals surface area contributed by atoms with Crippen molar-refractivity contribution in [2.75, 3.05) is 0 Å². The number of ketones is 1. The van der Waals surface area contributed by atoms with Crippen LogP contribution >= 0.6 is 0 Å². The number of aromatic amines is 1. The molecule has 0 saturated carbocycles. The summed E-state index contributed by atoms with van der Waals surface area (Å²) in [5.74, 6) is 0.704. The zero-order valence-corrected chi connectivity index (χ0v) is 9.45. The van der Waals surface area contributed by atoms with Crippen molar-refractivity contribution in [2.24, 2.45) is 5.92 Å². The molecule has 0 spiro atoms. The topological polar surface area (TPSA) is 62.8 Å². The molecule has 4 heteroatoms. The van der Waals surface area contributed by atoms with E-state index in [-0.39, 0.29) is 5.56 Å².